The van der Waals surface area contributed by atoms with Crippen LogP contribution in [0.25, 0.3) is 10.9 Å². The van der Waals surface area contributed by atoms with Gasteiger partial charge in [-0.3, -0.25) is 9.89 Å². The average molecular weight is 399 g/mol. The monoisotopic (exact) mass is 399 g/mol. The first-order valence-electron chi connectivity index (χ1n) is 9.68. The molecule has 4 aromatic rings. The Hall–Kier alpha value is -3.93. The van der Waals surface area contributed by atoms with Gasteiger partial charge in [-0.2, -0.15) is 5.10 Å². The summed E-state index contributed by atoms with van der Waals surface area (Å²) in [5, 5.41) is 10.5. The van der Waals surface area contributed by atoms with Gasteiger partial charge in [-0.15, -0.1) is 0 Å². The van der Waals surface area contributed by atoms with E-state index >= 15 is 0 Å². The predicted octanol–water partition coefficient (Wildman–Crippen LogP) is 4.01. The van der Waals surface area contributed by atoms with Crippen LogP contribution in [0.2, 0.25) is 0 Å². The van der Waals surface area contributed by atoms with E-state index in [1.54, 1.807) is 13.0 Å². The van der Waals surface area contributed by atoms with Crippen molar-refractivity contribution in [2.75, 3.05) is 0 Å². The zero-order valence-corrected chi connectivity index (χ0v) is 16.4. The number of rotatable bonds is 6. The van der Waals surface area contributed by atoms with Crippen molar-refractivity contribution in [3.63, 3.8) is 0 Å². The molecule has 1 heterocycles. The number of para-hydroxylation sites is 1. The molecular weight excluding hydrogens is 378 g/mol. The van der Waals surface area contributed by atoms with E-state index in [1.807, 2.05) is 78.9 Å². The highest BCUT2D eigenvalue weighted by Crippen LogP contribution is 2.22. The van der Waals surface area contributed by atoms with Gasteiger partial charge in [-0.1, -0.05) is 78.9 Å². The Labute approximate surface area is 173 Å². The summed E-state index contributed by atoms with van der Waals surface area (Å²) >= 11 is 0. The normalized spacial score (nSPS) is 11.9. The molecule has 0 bridgehead atoms. The number of hydrogen-bond acceptors (Lipinski definition) is 4. The molecule has 0 saturated carbocycles. The van der Waals surface area contributed by atoms with Crippen molar-refractivity contribution in [2.45, 2.75) is 19.1 Å². The third-order valence-corrected chi connectivity index (χ3v) is 4.87. The first-order chi connectivity index (χ1) is 14.6. The number of nitrogens with zero attached hydrogens (tertiary/aromatic N) is 1. The Kier molecular flexibility index (Phi) is 5.57. The second-order valence-electron chi connectivity index (χ2n) is 6.93. The number of aromatic nitrogens is 2. The Morgan fingerprint density at radius 3 is 2.07 bits per heavy atom. The summed E-state index contributed by atoms with van der Waals surface area (Å²) in [5.74, 6) is -1.04. The molecule has 0 unspecified atom stereocenters. The van der Waals surface area contributed by atoms with Gasteiger partial charge in [0.15, 0.2) is 11.8 Å². The molecule has 6 nitrogen and oxygen atoms in total. The molecule has 0 aliphatic heterocycles. The second-order valence-corrected chi connectivity index (χ2v) is 6.93. The highest BCUT2D eigenvalue weighted by Gasteiger charge is 2.25. The van der Waals surface area contributed by atoms with E-state index in [9.17, 15) is 9.59 Å². The number of aromatic amines is 1. The quantitative estimate of drug-likeness (QED) is 0.480. The lowest BCUT2D eigenvalue weighted by Gasteiger charge is -2.22. The Bertz CT molecular complexity index is 1120. The molecule has 6 heteroatoms. The van der Waals surface area contributed by atoms with Crippen molar-refractivity contribution in [1.29, 1.82) is 0 Å². The maximum atomic E-state index is 12.9. The standard InChI is InChI=1S/C24H21N3O3/c1-16(30-24(29)22-19-14-8-9-15-20(19)26-27-22)23(28)25-21(17-10-4-2-5-11-17)18-12-6-3-7-13-18/h2-16,21H,1H3,(H,25,28)(H,26,27)/t16-/m0/s1. The fraction of sp³-hybridized carbons (Fsp3) is 0.125. The van der Waals surface area contributed by atoms with Crippen LogP contribution in [0, 0.1) is 0 Å². The van der Waals surface area contributed by atoms with E-state index in [0.717, 1.165) is 16.6 Å². The minimum atomic E-state index is -0.983. The number of nitrogens with one attached hydrogen (secondary N) is 2. The third kappa shape index (κ3) is 4.07. The number of H-pyrrole nitrogens is 1. The van der Waals surface area contributed by atoms with Gasteiger partial charge in [-0.05, 0) is 24.1 Å². The topological polar surface area (TPSA) is 84.1 Å². The number of ether oxygens (including phenoxy) is 1. The molecule has 150 valence electrons. The lowest BCUT2D eigenvalue weighted by atomic mass is 9.98. The summed E-state index contributed by atoms with van der Waals surface area (Å²) in [4.78, 5) is 25.4. The molecule has 1 atom stereocenters. The van der Waals surface area contributed by atoms with E-state index in [4.69, 9.17) is 4.74 Å². The van der Waals surface area contributed by atoms with E-state index < -0.39 is 12.1 Å². The number of benzene rings is 3. The van der Waals surface area contributed by atoms with Gasteiger partial charge in [0.05, 0.1) is 11.6 Å². The number of carbonyl (C=O) groups is 2. The predicted molar refractivity (Wildman–Crippen MR) is 114 cm³/mol. The molecule has 0 aliphatic rings. The van der Waals surface area contributed by atoms with Crippen molar-refractivity contribution in [3.8, 4) is 0 Å². The van der Waals surface area contributed by atoms with E-state index in [2.05, 4.69) is 15.5 Å². The lowest BCUT2D eigenvalue weighted by Crippen LogP contribution is -2.38. The highest BCUT2D eigenvalue weighted by molar-refractivity contribution is 6.02. The molecule has 2 N–H and O–H groups in total. The zero-order chi connectivity index (χ0) is 20.9. The van der Waals surface area contributed by atoms with Crippen LogP contribution in [0.1, 0.15) is 34.6 Å². The van der Waals surface area contributed by atoms with Crippen LogP contribution in [0.4, 0.5) is 0 Å². The van der Waals surface area contributed by atoms with Crippen molar-refractivity contribution < 1.29 is 14.3 Å². The molecule has 0 fully saturated rings. The molecule has 1 amide bonds. The van der Waals surface area contributed by atoms with E-state index in [1.165, 1.54) is 0 Å². The maximum absolute atomic E-state index is 12.9. The van der Waals surface area contributed by atoms with Crippen LogP contribution in [0.3, 0.4) is 0 Å². The third-order valence-electron chi connectivity index (χ3n) is 4.87. The summed E-state index contributed by atoms with van der Waals surface area (Å²) < 4.78 is 5.40. The van der Waals surface area contributed by atoms with Crippen molar-refractivity contribution in [2.24, 2.45) is 0 Å². The fourth-order valence-electron chi connectivity index (χ4n) is 3.30. The summed E-state index contributed by atoms with van der Waals surface area (Å²) in [6, 6.07) is 26.2. The molecule has 0 spiro atoms. The first-order valence-corrected chi connectivity index (χ1v) is 9.68. The second kappa shape index (κ2) is 8.61. The van der Waals surface area contributed by atoms with Gasteiger partial charge >= 0.3 is 5.97 Å². The van der Waals surface area contributed by atoms with Crippen LogP contribution in [0.5, 0.6) is 0 Å². The van der Waals surface area contributed by atoms with Gasteiger partial charge in [0.2, 0.25) is 0 Å². The molecule has 30 heavy (non-hydrogen) atoms. The largest absolute Gasteiger partial charge is 0.448 e. The molecular formula is C24H21N3O3. The van der Waals surface area contributed by atoms with Gasteiger partial charge in [0, 0.05) is 5.39 Å². The first kappa shape index (κ1) is 19.4. The minimum Gasteiger partial charge on any atom is -0.448 e. The SMILES string of the molecule is C[C@H](OC(=O)c1n[nH]c2ccccc12)C(=O)NC(c1ccccc1)c1ccccc1. The van der Waals surface area contributed by atoms with Crippen molar-refractivity contribution in [1.82, 2.24) is 15.5 Å². The number of carbonyl (C=O) groups excluding carboxylic acids is 2. The molecule has 0 aliphatic carbocycles. The van der Waals surface area contributed by atoms with Gasteiger partial charge in [0.25, 0.3) is 5.91 Å². The molecule has 0 radical (unpaired) electrons. The van der Waals surface area contributed by atoms with Gasteiger partial charge < -0.3 is 10.1 Å². The number of hydrogen-bond donors (Lipinski definition) is 2. The number of fused-ring (bicyclic) bond motifs is 1. The van der Waals surface area contributed by atoms with E-state index in [-0.39, 0.29) is 17.6 Å². The number of esters is 1. The Morgan fingerprint density at radius 1 is 0.867 bits per heavy atom. The minimum absolute atomic E-state index is 0.160. The van der Waals surface area contributed by atoms with Crippen molar-refractivity contribution >= 4 is 22.8 Å². The molecule has 4 rings (SSSR count). The smallest absolute Gasteiger partial charge is 0.360 e. The molecule has 3 aromatic carbocycles. The number of amides is 1. The van der Waals surface area contributed by atoms with Crippen LogP contribution in [0.15, 0.2) is 84.9 Å². The fourth-order valence-corrected chi connectivity index (χ4v) is 3.30. The average Bonchev–Trinajstić information content (AvgIpc) is 3.23. The summed E-state index contributed by atoms with van der Waals surface area (Å²) in [7, 11) is 0. The Morgan fingerprint density at radius 2 is 1.43 bits per heavy atom. The summed E-state index contributed by atoms with van der Waals surface area (Å²) in [6.45, 7) is 1.55. The van der Waals surface area contributed by atoms with Crippen LogP contribution in [-0.4, -0.2) is 28.2 Å². The highest BCUT2D eigenvalue weighted by atomic mass is 16.5. The van der Waals surface area contributed by atoms with Crippen LogP contribution in [-0.2, 0) is 9.53 Å². The lowest BCUT2D eigenvalue weighted by molar-refractivity contribution is -0.129. The van der Waals surface area contributed by atoms with Gasteiger partial charge in [0.1, 0.15) is 0 Å². The summed E-state index contributed by atoms with van der Waals surface area (Å²) in [5.41, 5.74) is 2.77. The van der Waals surface area contributed by atoms with Gasteiger partial charge in [-0.25, -0.2) is 4.79 Å². The maximum Gasteiger partial charge on any atom is 0.360 e. The van der Waals surface area contributed by atoms with Crippen molar-refractivity contribution in [3.05, 3.63) is 102 Å². The molecule has 1 aromatic heterocycles. The Balaban J connectivity index is 1.50. The summed E-state index contributed by atoms with van der Waals surface area (Å²) in [6.07, 6.45) is -0.983. The molecule has 0 saturated heterocycles. The van der Waals surface area contributed by atoms with E-state index in [0.29, 0.717) is 5.39 Å². The van der Waals surface area contributed by atoms with Crippen LogP contribution < -0.4 is 5.32 Å². The zero-order valence-electron chi connectivity index (χ0n) is 16.4. The van der Waals surface area contributed by atoms with Crippen LogP contribution >= 0.6 is 0 Å².